The number of rotatable bonds is 7. The lowest BCUT2D eigenvalue weighted by atomic mass is 9.82. The summed E-state index contributed by atoms with van der Waals surface area (Å²) in [5.74, 6) is 0.838. The predicted octanol–water partition coefficient (Wildman–Crippen LogP) is 3.14. The Bertz CT molecular complexity index is 482. The SMILES string of the molecule is CCCCOc1cccc(CNC(=O)C2(N)CCCCC2)c1. The average Bonchev–Trinajstić information content (AvgIpc) is 2.54. The van der Waals surface area contributed by atoms with Crippen molar-refractivity contribution in [1.29, 1.82) is 0 Å². The van der Waals surface area contributed by atoms with Crippen LogP contribution in [0.3, 0.4) is 0 Å². The lowest BCUT2D eigenvalue weighted by Crippen LogP contribution is -2.54. The van der Waals surface area contributed by atoms with E-state index in [-0.39, 0.29) is 5.91 Å². The molecule has 1 aromatic carbocycles. The summed E-state index contributed by atoms with van der Waals surface area (Å²) in [6.45, 7) is 3.38. The number of benzene rings is 1. The molecule has 0 atom stereocenters. The maximum atomic E-state index is 12.3. The molecule has 0 bridgehead atoms. The van der Waals surface area contributed by atoms with Crippen molar-refractivity contribution >= 4 is 5.91 Å². The van der Waals surface area contributed by atoms with Crippen LogP contribution >= 0.6 is 0 Å². The van der Waals surface area contributed by atoms with Crippen molar-refractivity contribution in [3.63, 3.8) is 0 Å². The Morgan fingerprint density at radius 1 is 1.32 bits per heavy atom. The molecule has 0 saturated heterocycles. The lowest BCUT2D eigenvalue weighted by Gasteiger charge is -2.31. The molecule has 122 valence electrons. The van der Waals surface area contributed by atoms with Gasteiger partial charge in [-0.25, -0.2) is 0 Å². The number of unbranched alkanes of at least 4 members (excludes halogenated alkanes) is 1. The fourth-order valence-corrected chi connectivity index (χ4v) is 2.85. The van der Waals surface area contributed by atoms with E-state index in [0.717, 1.165) is 56.4 Å². The maximum Gasteiger partial charge on any atom is 0.240 e. The van der Waals surface area contributed by atoms with Crippen LogP contribution in [0.25, 0.3) is 0 Å². The molecule has 3 N–H and O–H groups in total. The molecule has 0 spiro atoms. The second-order valence-electron chi connectivity index (χ2n) is 6.25. The highest BCUT2D eigenvalue weighted by atomic mass is 16.5. The third kappa shape index (κ3) is 4.73. The molecular weight excluding hydrogens is 276 g/mol. The smallest absolute Gasteiger partial charge is 0.240 e. The zero-order chi connectivity index (χ0) is 15.8. The van der Waals surface area contributed by atoms with Gasteiger partial charge in [-0.15, -0.1) is 0 Å². The summed E-state index contributed by atoms with van der Waals surface area (Å²) in [5, 5.41) is 2.98. The number of amides is 1. The summed E-state index contributed by atoms with van der Waals surface area (Å²) in [6.07, 6.45) is 7.03. The first-order valence-corrected chi connectivity index (χ1v) is 8.43. The van der Waals surface area contributed by atoms with Gasteiger partial charge in [0.2, 0.25) is 5.91 Å². The predicted molar refractivity (Wildman–Crippen MR) is 88.7 cm³/mol. The average molecular weight is 304 g/mol. The van der Waals surface area contributed by atoms with Gasteiger partial charge < -0.3 is 15.8 Å². The van der Waals surface area contributed by atoms with E-state index >= 15 is 0 Å². The van der Waals surface area contributed by atoms with Gasteiger partial charge in [-0.05, 0) is 37.0 Å². The lowest BCUT2D eigenvalue weighted by molar-refractivity contribution is -0.127. The fraction of sp³-hybridized carbons (Fsp3) is 0.611. The van der Waals surface area contributed by atoms with E-state index in [1.54, 1.807) is 0 Å². The molecule has 1 aromatic rings. The topological polar surface area (TPSA) is 64.3 Å². The Kier molecular flexibility index (Phi) is 6.25. The van der Waals surface area contributed by atoms with Gasteiger partial charge in [-0.2, -0.15) is 0 Å². The minimum Gasteiger partial charge on any atom is -0.494 e. The Morgan fingerprint density at radius 3 is 2.82 bits per heavy atom. The first-order valence-electron chi connectivity index (χ1n) is 8.43. The summed E-state index contributed by atoms with van der Waals surface area (Å²) in [7, 11) is 0. The van der Waals surface area contributed by atoms with Crippen molar-refractivity contribution in [2.45, 2.75) is 64.0 Å². The summed E-state index contributed by atoms with van der Waals surface area (Å²) >= 11 is 0. The van der Waals surface area contributed by atoms with Crippen LogP contribution in [-0.2, 0) is 11.3 Å². The number of hydrogen-bond donors (Lipinski definition) is 2. The van der Waals surface area contributed by atoms with Crippen molar-refractivity contribution < 1.29 is 9.53 Å². The highest BCUT2D eigenvalue weighted by Gasteiger charge is 2.34. The zero-order valence-electron chi connectivity index (χ0n) is 13.6. The van der Waals surface area contributed by atoms with Crippen molar-refractivity contribution in [3.8, 4) is 5.75 Å². The highest BCUT2D eigenvalue weighted by Crippen LogP contribution is 2.26. The quantitative estimate of drug-likeness (QED) is 0.761. The van der Waals surface area contributed by atoms with Crippen LogP contribution in [0.1, 0.15) is 57.4 Å². The van der Waals surface area contributed by atoms with Gasteiger partial charge in [0, 0.05) is 6.54 Å². The molecular formula is C18H28N2O2. The third-order valence-corrected chi connectivity index (χ3v) is 4.32. The molecule has 4 nitrogen and oxygen atoms in total. The summed E-state index contributed by atoms with van der Waals surface area (Å²) in [5.41, 5.74) is 6.61. The molecule has 1 fully saturated rings. The Morgan fingerprint density at radius 2 is 2.09 bits per heavy atom. The van der Waals surface area contributed by atoms with Gasteiger partial charge >= 0.3 is 0 Å². The van der Waals surface area contributed by atoms with Gasteiger partial charge in [0.25, 0.3) is 0 Å². The molecule has 0 aliphatic heterocycles. The van der Waals surface area contributed by atoms with Crippen molar-refractivity contribution in [2.75, 3.05) is 6.61 Å². The monoisotopic (exact) mass is 304 g/mol. The van der Waals surface area contributed by atoms with Crippen LogP contribution in [0, 0.1) is 0 Å². The molecule has 1 saturated carbocycles. The number of hydrogen-bond acceptors (Lipinski definition) is 3. The standard InChI is InChI=1S/C18H28N2O2/c1-2-3-12-22-16-9-7-8-15(13-16)14-20-17(21)18(19)10-5-4-6-11-18/h7-9,13H,2-6,10-12,14,19H2,1H3,(H,20,21). The summed E-state index contributed by atoms with van der Waals surface area (Å²) in [6, 6.07) is 7.89. The van der Waals surface area contributed by atoms with Gasteiger partial charge in [0.05, 0.1) is 12.1 Å². The molecule has 1 aliphatic carbocycles. The summed E-state index contributed by atoms with van der Waals surface area (Å²) < 4.78 is 5.69. The second kappa shape index (κ2) is 8.18. The van der Waals surface area contributed by atoms with Crippen molar-refractivity contribution in [1.82, 2.24) is 5.32 Å². The Hall–Kier alpha value is -1.55. The number of carbonyl (C=O) groups is 1. The molecule has 22 heavy (non-hydrogen) atoms. The van der Waals surface area contributed by atoms with Crippen LogP contribution in [-0.4, -0.2) is 18.1 Å². The van der Waals surface area contributed by atoms with Gasteiger partial charge in [-0.1, -0.05) is 44.7 Å². The molecule has 4 heteroatoms. The fourth-order valence-electron chi connectivity index (χ4n) is 2.85. The maximum absolute atomic E-state index is 12.3. The van der Waals surface area contributed by atoms with Crippen LogP contribution in [0.2, 0.25) is 0 Å². The van der Waals surface area contributed by atoms with Crippen molar-refractivity contribution in [3.05, 3.63) is 29.8 Å². The number of ether oxygens (including phenoxy) is 1. The summed E-state index contributed by atoms with van der Waals surface area (Å²) in [4.78, 5) is 12.3. The molecule has 0 heterocycles. The van der Waals surface area contributed by atoms with Crippen LogP contribution in [0.4, 0.5) is 0 Å². The second-order valence-corrected chi connectivity index (χ2v) is 6.25. The Labute approximate surface area is 133 Å². The Balaban J connectivity index is 1.85. The van der Waals surface area contributed by atoms with Crippen molar-refractivity contribution in [2.24, 2.45) is 5.73 Å². The minimum absolute atomic E-state index is 0.0236. The van der Waals surface area contributed by atoms with Crippen LogP contribution < -0.4 is 15.8 Å². The molecule has 0 radical (unpaired) electrons. The first-order chi connectivity index (χ1) is 10.6. The number of nitrogens with one attached hydrogen (secondary N) is 1. The van der Waals surface area contributed by atoms with E-state index in [0.29, 0.717) is 6.54 Å². The zero-order valence-corrected chi connectivity index (χ0v) is 13.6. The molecule has 0 unspecified atom stereocenters. The molecule has 0 aromatic heterocycles. The van der Waals surface area contributed by atoms with Crippen LogP contribution in [0.15, 0.2) is 24.3 Å². The molecule has 1 aliphatic rings. The highest BCUT2D eigenvalue weighted by molar-refractivity contribution is 5.86. The van der Waals surface area contributed by atoms with E-state index in [1.165, 1.54) is 6.42 Å². The minimum atomic E-state index is -0.673. The molecule has 1 amide bonds. The van der Waals surface area contributed by atoms with E-state index < -0.39 is 5.54 Å². The molecule has 2 rings (SSSR count). The van der Waals surface area contributed by atoms with E-state index in [9.17, 15) is 4.79 Å². The largest absolute Gasteiger partial charge is 0.494 e. The number of carbonyl (C=O) groups excluding carboxylic acids is 1. The van der Waals surface area contributed by atoms with E-state index in [2.05, 4.69) is 12.2 Å². The van der Waals surface area contributed by atoms with Gasteiger partial charge in [0.1, 0.15) is 5.75 Å². The van der Waals surface area contributed by atoms with Gasteiger partial charge in [-0.3, -0.25) is 4.79 Å². The van der Waals surface area contributed by atoms with Crippen LogP contribution in [0.5, 0.6) is 5.75 Å². The number of nitrogens with two attached hydrogens (primary N) is 1. The van der Waals surface area contributed by atoms with Gasteiger partial charge in [0.15, 0.2) is 0 Å². The van der Waals surface area contributed by atoms with E-state index in [4.69, 9.17) is 10.5 Å². The van der Waals surface area contributed by atoms with E-state index in [1.807, 2.05) is 24.3 Å². The first kappa shape index (κ1) is 16.8. The third-order valence-electron chi connectivity index (χ3n) is 4.32. The normalized spacial score (nSPS) is 17.0.